The van der Waals surface area contributed by atoms with Gasteiger partial charge in [-0.15, -0.1) is 0 Å². The van der Waals surface area contributed by atoms with Gasteiger partial charge in [0.05, 0.1) is 12.3 Å². The second kappa shape index (κ2) is 5.24. The number of aryl methyl sites for hydroxylation is 1. The molecule has 5 heteroatoms. The summed E-state index contributed by atoms with van der Waals surface area (Å²) in [5.74, 6) is -0.982. The first-order valence-electron chi connectivity index (χ1n) is 5.93. The van der Waals surface area contributed by atoms with Gasteiger partial charge >= 0.3 is 5.97 Å². The molecule has 2 aromatic rings. The molecule has 1 heterocycles. The fourth-order valence-corrected chi connectivity index (χ4v) is 1.97. The largest absolute Gasteiger partial charge is 0.477 e. The third kappa shape index (κ3) is 2.51. The molecule has 1 N–H and O–H groups in total. The van der Waals surface area contributed by atoms with Crippen LogP contribution < -0.4 is 0 Å². The Morgan fingerprint density at radius 1 is 1.37 bits per heavy atom. The van der Waals surface area contributed by atoms with Crippen molar-refractivity contribution < 1.29 is 14.6 Å². The Balaban J connectivity index is 2.40. The molecular formula is C14H16N2O3. The lowest BCUT2D eigenvalue weighted by atomic mass is 10.0. The minimum atomic E-state index is -0.982. The number of carboxylic acid groups (broad SMARTS) is 1. The molecule has 1 aromatic heterocycles. The Bertz CT molecular complexity index is 587. The van der Waals surface area contributed by atoms with Crippen LogP contribution in [0.2, 0.25) is 0 Å². The summed E-state index contributed by atoms with van der Waals surface area (Å²) in [6.45, 7) is 1.96. The molecule has 0 aliphatic carbocycles. The second-order valence-corrected chi connectivity index (χ2v) is 4.34. The van der Waals surface area contributed by atoms with Crippen LogP contribution in [0.3, 0.4) is 0 Å². The van der Waals surface area contributed by atoms with Crippen LogP contribution in [0.25, 0.3) is 11.1 Å². The van der Waals surface area contributed by atoms with Crippen LogP contribution in [0.5, 0.6) is 0 Å². The maximum absolute atomic E-state index is 11.2. The van der Waals surface area contributed by atoms with Gasteiger partial charge < -0.3 is 9.84 Å². The predicted molar refractivity (Wildman–Crippen MR) is 71.0 cm³/mol. The highest BCUT2D eigenvalue weighted by Crippen LogP contribution is 2.25. The number of ether oxygens (including phenoxy) is 1. The van der Waals surface area contributed by atoms with Crippen molar-refractivity contribution in [1.82, 2.24) is 9.78 Å². The Morgan fingerprint density at radius 2 is 2.00 bits per heavy atom. The fraction of sp³-hybridized carbons (Fsp3) is 0.286. The van der Waals surface area contributed by atoms with Crippen molar-refractivity contribution in [3.63, 3.8) is 0 Å². The van der Waals surface area contributed by atoms with Crippen molar-refractivity contribution in [3.05, 3.63) is 41.7 Å². The molecule has 0 spiro atoms. The summed E-state index contributed by atoms with van der Waals surface area (Å²) in [7, 11) is 3.27. The Morgan fingerprint density at radius 3 is 2.53 bits per heavy atom. The van der Waals surface area contributed by atoms with Gasteiger partial charge in [-0.3, -0.25) is 4.68 Å². The molecule has 1 atom stereocenters. The zero-order valence-electron chi connectivity index (χ0n) is 11.1. The van der Waals surface area contributed by atoms with E-state index in [1.54, 1.807) is 20.4 Å². The number of aromatic carboxylic acids is 1. The number of methoxy groups -OCH3 is 1. The average Bonchev–Trinajstić information content (AvgIpc) is 2.80. The Hall–Kier alpha value is -2.14. The number of hydrogen-bond donors (Lipinski definition) is 1. The molecule has 19 heavy (non-hydrogen) atoms. The molecule has 0 bridgehead atoms. The first kappa shape index (κ1) is 13.3. The molecule has 0 saturated carbocycles. The lowest BCUT2D eigenvalue weighted by Gasteiger charge is -2.10. The third-order valence-electron chi connectivity index (χ3n) is 3.19. The summed E-state index contributed by atoms with van der Waals surface area (Å²) in [6, 6.07) is 7.63. The van der Waals surface area contributed by atoms with Gasteiger partial charge in [0.15, 0.2) is 5.69 Å². The quantitative estimate of drug-likeness (QED) is 0.917. The number of aromatic nitrogens is 2. The number of rotatable bonds is 4. The molecular weight excluding hydrogens is 244 g/mol. The van der Waals surface area contributed by atoms with Crippen LogP contribution in [-0.2, 0) is 11.8 Å². The molecule has 0 amide bonds. The molecule has 0 unspecified atom stereocenters. The number of carbonyl (C=O) groups is 1. The van der Waals surface area contributed by atoms with E-state index < -0.39 is 5.97 Å². The van der Waals surface area contributed by atoms with Gasteiger partial charge in [-0.25, -0.2) is 4.79 Å². The molecule has 5 nitrogen and oxygen atoms in total. The van der Waals surface area contributed by atoms with E-state index in [2.05, 4.69) is 5.10 Å². The number of benzene rings is 1. The normalized spacial score (nSPS) is 12.4. The first-order valence-corrected chi connectivity index (χ1v) is 5.93. The minimum absolute atomic E-state index is 0.0156. The molecule has 0 aliphatic heterocycles. The van der Waals surface area contributed by atoms with Gasteiger partial charge in [0.25, 0.3) is 0 Å². The van der Waals surface area contributed by atoms with E-state index in [0.717, 1.165) is 11.1 Å². The van der Waals surface area contributed by atoms with Gasteiger partial charge in [-0.1, -0.05) is 24.3 Å². The van der Waals surface area contributed by atoms with Crippen molar-refractivity contribution in [2.75, 3.05) is 7.11 Å². The van der Waals surface area contributed by atoms with Crippen LogP contribution in [0.1, 0.15) is 29.1 Å². The number of carboxylic acids is 1. The molecule has 0 aliphatic rings. The highest BCUT2D eigenvalue weighted by molar-refractivity contribution is 5.94. The van der Waals surface area contributed by atoms with Crippen LogP contribution in [0.15, 0.2) is 30.5 Å². The molecule has 1 aromatic carbocycles. The lowest BCUT2D eigenvalue weighted by molar-refractivity contribution is 0.0686. The molecule has 0 fully saturated rings. The van der Waals surface area contributed by atoms with Crippen LogP contribution >= 0.6 is 0 Å². The van der Waals surface area contributed by atoms with Crippen molar-refractivity contribution in [2.24, 2.45) is 7.05 Å². The van der Waals surface area contributed by atoms with E-state index in [1.165, 1.54) is 4.68 Å². The minimum Gasteiger partial charge on any atom is -0.477 e. The second-order valence-electron chi connectivity index (χ2n) is 4.34. The van der Waals surface area contributed by atoms with Gasteiger partial charge in [0, 0.05) is 19.7 Å². The van der Waals surface area contributed by atoms with E-state index in [4.69, 9.17) is 4.74 Å². The Kier molecular flexibility index (Phi) is 3.66. The summed E-state index contributed by atoms with van der Waals surface area (Å²) in [5.41, 5.74) is 2.68. The maximum Gasteiger partial charge on any atom is 0.354 e. The van der Waals surface area contributed by atoms with Crippen molar-refractivity contribution in [1.29, 1.82) is 0 Å². The lowest BCUT2D eigenvalue weighted by Crippen LogP contribution is -2.06. The van der Waals surface area contributed by atoms with Crippen LogP contribution in [0.4, 0.5) is 0 Å². The van der Waals surface area contributed by atoms with Gasteiger partial charge in [-0.2, -0.15) is 5.10 Å². The SMILES string of the molecule is CO[C@@H](C)c1ccc(-c2cnn(C)c2C(=O)O)cc1. The maximum atomic E-state index is 11.2. The number of nitrogens with zero attached hydrogens (tertiary/aromatic N) is 2. The third-order valence-corrected chi connectivity index (χ3v) is 3.19. The molecule has 100 valence electrons. The van der Waals surface area contributed by atoms with Gasteiger partial charge in [0.2, 0.25) is 0 Å². The van der Waals surface area contributed by atoms with E-state index >= 15 is 0 Å². The zero-order chi connectivity index (χ0) is 14.0. The standard InChI is InChI=1S/C14H16N2O3/c1-9(19-3)10-4-6-11(7-5-10)12-8-15-16(2)13(12)14(17)18/h4-9H,1-3H3,(H,17,18)/t9-/m0/s1. The zero-order valence-corrected chi connectivity index (χ0v) is 11.1. The predicted octanol–water partition coefficient (Wildman–Crippen LogP) is 2.49. The van der Waals surface area contributed by atoms with Gasteiger partial charge in [0.1, 0.15) is 0 Å². The van der Waals surface area contributed by atoms with Gasteiger partial charge in [-0.05, 0) is 18.1 Å². The highest BCUT2D eigenvalue weighted by Gasteiger charge is 2.17. The summed E-state index contributed by atoms with van der Waals surface area (Å²) < 4.78 is 6.60. The summed E-state index contributed by atoms with van der Waals surface area (Å²) >= 11 is 0. The Labute approximate surface area is 111 Å². The van der Waals surface area contributed by atoms with Crippen molar-refractivity contribution in [2.45, 2.75) is 13.0 Å². The summed E-state index contributed by atoms with van der Waals surface area (Å²) in [5, 5.41) is 13.2. The topological polar surface area (TPSA) is 64.4 Å². The van der Waals surface area contributed by atoms with Crippen LogP contribution in [0, 0.1) is 0 Å². The highest BCUT2D eigenvalue weighted by atomic mass is 16.5. The number of hydrogen-bond acceptors (Lipinski definition) is 3. The molecule has 0 saturated heterocycles. The van der Waals surface area contributed by atoms with E-state index in [-0.39, 0.29) is 11.8 Å². The van der Waals surface area contributed by atoms with E-state index in [9.17, 15) is 9.90 Å². The van der Waals surface area contributed by atoms with E-state index in [0.29, 0.717) is 5.56 Å². The smallest absolute Gasteiger partial charge is 0.354 e. The molecule has 2 rings (SSSR count). The fourth-order valence-electron chi connectivity index (χ4n) is 1.97. The monoisotopic (exact) mass is 260 g/mol. The molecule has 0 radical (unpaired) electrons. The van der Waals surface area contributed by atoms with Crippen LogP contribution in [-0.4, -0.2) is 28.0 Å². The summed E-state index contributed by atoms with van der Waals surface area (Å²) in [4.78, 5) is 11.2. The van der Waals surface area contributed by atoms with Crippen molar-refractivity contribution >= 4 is 5.97 Å². The average molecular weight is 260 g/mol. The van der Waals surface area contributed by atoms with E-state index in [1.807, 2.05) is 31.2 Å². The van der Waals surface area contributed by atoms with Crippen molar-refractivity contribution in [3.8, 4) is 11.1 Å². The first-order chi connectivity index (χ1) is 9.04. The summed E-state index contributed by atoms with van der Waals surface area (Å²) in [6.07, 6.45) is 1.58.